The Hall–Kier alpha value is -1.72. The molecule has 1 unspecified atom stereocenters. The molecule has 112 valence electrons. The fourth-order valence-corrected chi connectivity index (χ4v) is 3.40. The third-order valence-corrected chi connectivity index (χ3v) is 4.22. The van der Waals surface area contributed by atoms with Crippen LogP contribution in [0.15, 0.2) is 30.3 Å². The standard InChI is InChI=1S/C16H20N2O3/c1-11-9-17(10-12(2)21-11)14-8-15(19)18(16(14)20)13-6-4-3-5-7-13/h3-7,11-12,14H,8-10H2,1-2H3/p+1/t11-,12+,14-/m1/s1. The van der Waals surface area contributed by atoms with Gasteiger partial charge >= 0.3 is 0 Å². The van der Waals surface area contributed by atoms with Crippen molar-refractivity contribution in [2.75, 3.05) is 18.0 Å². The summed E-state index contributed by atoms with van der Waals surface area (Å²) in [7, 11) is 0. The topological polar surface area (TPSA) is 51.0 Å². The van der Waals surface area contributed by atoms with Crippen LogP contribution in [-0.4, -0.2) is 43.2 Å². The van der Waals surface area contributed by atoms with Crippen LogP contribution in [0, 0.1) is 0 Å². The minimum absolute atomic E-state index is 0.0810. The van der Waals surface area contributed by atoms with Crippen molar-refractivity contribution in [2.24, 2.45) is 0 Å². The van der Waals surface area contributed by atoms with Gasteiger partial charge in [-0.2, -0.15) is 0 Å². The van der Waals surface area contributed by atoms with E-state index in [0.29, 0.717) is 12.1 Å². The van der Waals surface area contributed by atoms with E-state index in [9.17, 15) is 9.59 Å². The van der Waals surface area contributed by atoms with Gasteiger partial charge < -0.3 is 9.64 Å². The van der Waals surface area contributed by atoms with Crippen molar-refractivity contribution in [3.63, 3.8) is 0 Å². The maximum absolute atomic E-state index is 12.7. The lowest BCUT2D eigenvalue weighted by molar-refractivity contribution is -0.929. The number of rotatable bonds is 2. The number of hydrogen-bond donors (Lipinski definition) is 1. The van der Waals surface area contributed by atoms with Gasteiger partial charge in [0.25, 0.3) is 5.91 Å². The van der Waals surface area contributed by atoms with E-state index >= 15 is 0 Å². The molecular weight excluding hydrogens is 268 g/mol. The van der Waals surface area contributed by atoms with E-state index in [2.05, 4.69) is 0 Å². The van der Waals surface area contributed by atoms with Crippen molar-refractivity contribution in [3.05, 3.63) is 30.3 Å². The second kappa shape index (κ2) is 5.58. The highest BCUT2D eigenvalue weighted by atomic mass is 16.5. The number of anilines is 1. The van der Waals surface area contributed by atoms with Gasteiger partial charge in [-0.3, -0.25) is 9.59 Å². The smallest absolute Gasteiger partial charge is 0.292 e. The minimum Gasteiger partial charge on any atom is -0.364 e. The summed E-state index contributed by atoms with van der Waals surface area (Å²) in [4.78, 5) is 27.4. The number of carbonyl (C=O) groups is 2. The highest BCUT2D eigenvalue weighted by molar-refractivity contribution is 6.21. The number of imide groups is 1. The van der Waals surface area contributed by atoms with Gasteiger partial charge in [0.05, 0.1) is 12.1 Å². The number of quaternary nitrogens is 1. The molecule has 2 aliphatic rings. The maximum atomic E-state index is 12.7. The maximum Gasteiger partial charge on any atom is 0.292 e. The molecule has 3 rings (SSSR count). The number of morpholine rings is 1. The highest BCUT2D eigenvalue weighted by Gasteiger charge is 2.47. The van der Waals surface area contributed by atoms with E-state index in [1.54, 1.807) is 12.1 Å². The Kier molecular flexibility index (Phi) is 3.78. The first kappa shape index (κ1) is 14.2. The van der Waals surface area contributed by atoms with Gasteiger partial charge in [0.1, 0.15) is 25.3 Å². The summed E-state index contributed by atoms with van der Waals surface area (Å²) in [5.74, 6) is -0.182. The van der Waals surface area contributed by atoms with Crippen molar-refractivity contribution in [3.8, 4) is 0 Å². The molecule has 0 aromatic heterocycles. The predicted octanol–water partition coefficient (Wildman–Crippen LogP) is 0.0106. The number of hydrogen-bond acceptors (Lipinski definition) is 3. The predicted molar refractivity (Wildman–Crippen MR) is 78.0 cm³/mol. The molecule has 0 spiro atoms. The van der Waals surface area contributed by atoms with Gasteiger partial charge in [0.15, 0.2) is 6.04 Å². The molecule has 5 heteroatoms. The van der Waals surface area contributed by atoms with E-state index in [1.807, 2.05) is 32.0 Å². The Balaban J connectivity index is 1.80. The minimum atomic E-state index is -0.272. The Morgan fingerprint density at radius 3 is 2.33 bits per heavy atom. The number of ether oxygens (including phenoxy) is 1. The molecule has 4 atom stereocenters. The lowest BCUT2D eigenvalue weighted by atomic mass is 10.1. The molecule has 0 bridgehead atoms. The molecule has 2 saturated heterocycles. The normalized spacial score (nSPS) is 33.5. The Morgan fingerprint density at radius 1 is 1.10 bits per heavy atom. The Morgan fingerprint density at radius 2 is 1.71 bits per heavy atom. The molecule has 1 N–H and O–H groups in total. The zero-order valence-electron chi connectivity index (χ0n) is 12.4. The molecule has 2 aliphatic heterocycles. The summed E-state index contributed by atoms with van der Waals surface area (Å²) >= 11 is 0. The monoisotopic (exact) mass is 289 g/mol. The van der Waals surface area contributed by atoms with Crippen LogP contribution in [0.2, 0.25) is 0 Å². The molecule has 1 aromatic rings. The SMILES string of the molecule is C[C@@H]1C[NH+]([C@@H]2CC(=O)N(c3ccccc3)C2=O)C[C@H](C)O1. The van der Waals surface area contributed by atoms with Crippen LogP contribution in [0.5, 0.6) is 0 Å². The van der Waals surface area contributed by atoms with Crippen molar-refractivity contribution in [1.29, 1.82) is 0 Å². The number of carbonyl (C=O) groups excluding carboxylic acids is 2. The van der Waals surface area contributed by atoms with Crippen LogP contribution < -0.4 is 9.80 Å². The zero-order valence-corrected chi connectivity index (χ0v) is 12.4. The summed E-state index contributed by atoms with van der Waals surface area (Å²) in [6, 6.07) is 8.90. The third-order valence-electron chi connectivity index (χ3n) is 4.22. The van der Waals surface area contributed by atoms with Crippen LogP contribution in [0.3, 0.4) is 0 Å². The van der Waals surface area contributed by atoms with Crippen LogP contribution in [-0.2, 0) is 14.3 Å². The third kappa shape index (κ3) is 2.71. The lowest BCUT2D eigenvalue weighted by Gasteiger charge is -2.34. The number of para-hydroxylation sites is 1. The van der Waals surface area contributed by atoms with Gasteiger partial charge in [-0.25, -0.2) is 4.90 Å². The van der Waals surface area contributed by atoms with Crippen molar-refractivity contribution in [1.82, 2.24) is 0 Å². The lowest BCUT2D eigenvalue weighted by Crippen LogP contribution is -3.19. The van der Waals surface area contributed by atoms with E-state index in [1.165, 1.54) is 4.90 Å². The van der Waals surface area contributed by atoms with Crippen LogP contribution in [0.25, 0.3) is 0 Å². The number of benzene rings is 1. The molecule has 5 nitrogen and oxygen atoms in total. The molecule has 2 amide bonds. The molecule has 1 aromatic carbocycles. The number of amides is 2. The largest absolute Gasteiger partial charge is 0.364 e. The second-order valence-corrected chi connectivity index (χ2v) is 5.98. The number of nitrogens with zero attached hydrogens (tertiary/aromatic N) is 1. The fraction of sp³-hybridized carbons (Fsp3) is 0.500. The first-order valence-electron chi connectivity index (χ1n) is 7.48. The first-order chi connectivity index (χ1) is 10.1. The van der Waals surface area contributed by atoms with Crippen molar-refractivity contribution < 1.29 is 19.2 Å². The van der Waals surface area contributed by atoms with Crippen LogP contribution in [0.4, 0.5) is 5.69 Å². The molecule has 2 heterocycles. The summed E-state index contributed by atoms with van der Waals surface area (Å²) in [5, 5.41) is 0. The van der Waals surface area contributed by atoms with Gasteiger partial charge in [-0.05, 0) is 26.0 Å². The Labute approximate surface area is 124 Å². The summed E-state index contributed by atoms with van der Waals surface area (Å²) < 4.78 is 5.72. The molecule has 0 aliphatic carbocycles. The molecular formula is C16H21N2O3+. The first-order valence-corrected chi connectivity index (χ1v) is 7.48. The van der Waals surface area contributed by atoms with Gasteiger partial charge in [0, 0.05) is 0 Å². The van der Waals surface area contributed by atoms with E-state index < -0.39 is 0 Å². The van der Waals surface area contributed by atoms with Crippen LogP contribution in [0.1, 0.15) is 20.3 Å². The van der Waals surface area contributed by atoms with Gasteiger partial charge in [-0.15, -0.1) is 0 Å². The van der Waals surface area contributed by atoms with E-state index in [4.69, 9.17) is 4.74 Å². The summed E-state index contributed by atoms with van der Waals surface area (Å²) in [5.41, 5.74) is 0.670. The van der Waals surface area contributed by atoms with Gasteiger partial charge in [-0.1, -0.05) is 18.2 Å². The molecule has 21 heavy (non-hydrogen) atoms. The zero-order chi connectivity index (χ0) is 15.0. The average molecular weight is 289 g/mol. The van der Waals surface area contributed by atoms with E-state index in [0.717, 1.165) is 18.0 Å². The quantitative estimate of drug-likeness (QED) is 0.781. The van der Waals surface area contributed by atoms with E-state index in [-0.39, 0.29) is 30.1 Å². The summed E-state index contributed by atoms with van der Waals surface area (Å²) in [6.07, 6.45) is 0.539. The highest BCUT2D eigenvalue weighted by Crippen LogP contribution is 2.21. The molecule has 0 radical (unpaired) electrons. The molecule has 0 saturated carbocycles. The Bertz CT molecular complexity index is 536. The van der Waals surface area contributed by atoms with Crippen molar-refractivity contribution in [2.45, 2.75) is 38.5 Å². The molecule has 2 fully saturated rings. The number of nitrogens with one attached hydrogen (secondary N) is 1. The average Bonchev–Trinajstić information content (AvgIpc) is 2.74. The van der Waals surface area contributed by atoms with Crippen LogP contribution >= 0.6 is 0 Å². The summed E-state index contributed by atoms with van der Waals surface area (Å²) in [6.45, 7) is 5.59. The second-order valence-electron chi connectivity index (χ2n) is 5.98. The fourth-order valence-electron chi connectivity index (χ4n) is 3.40. The van der Waals surface area contributed by atoms with Gasteiger partial charge in [0.2, 0.25) is 5.91 Å². The van der Waals surface area contributed by atoms with Crippen molar-refractivity contribution >= 4 is 17.5 Å².